The van der Waals surface area contributed by atoms with E-state index in [2.05, 4.69) is 0 Å². The molecule has 0 radical (unpaired) electrons. The first-order chi connectivity index (χ1) is 7.00. The van der Waals surface area contributed by atoms with Crippen LogP contribution >= 0.6 is 11.6 Å². The van der Waals surface area contributed by atoms with Crippen LogP contribution in [-0.2, 0) is 14.9 Å². The van der Waals surface area contributed by atoms with Crippen LogP contribution in [0.15, 0.2) is 24.3 Å². The second-order valence-corrected chi connectivity index (χ2v) is 4.01. The predicted molar refractivity (Wildman–Crippen MR) is 58.3 cm³/mol. The number of carbonyl (C=O) groups is 1. The van der Waals surface area contributed by atoms with Gasteiger partial charge in [-0.25, -0.2) is 0 Å². The fraction of sp³-hybridized carbons (Fsp3) is 0.364. The Hall–Kier alpha value is -1.06. The SMILES string of the molecule is COCC(C)(C(=O)O)c1ccc(Cl)cc1. The Balaban J connectivity index is 3.09. The number of hydrogen-bond donors (Lipinski definition) is 1. The Morgan fingerprint density at radius 3 is 2.40 bits per heavy atom. The lowest BCUT2D eigenvalue weighted by Gasteiger charge is -2.24. The van der Waals surface area contributed by atoms with Gasteiger partial charge in [-0.1, -0.05) is 23.7 Å². The summed E-state index contributed by atoms with van der Waals surface area (Å²) in [7, 11) is 1.48. The van der Waals surface area contributed by atoms with E-state index in [0.29, 0.717) is 10.6 Å². The number of benzene rings is 1. The van der Waals surface area contributed by atoms with Gasteiger partial charge in [-0.2, -0.15) is 0 Å². The summed E-state index contributed by atoms with van der Waals surface area (Å²) in [5.74, 6) is -0.910. The normalized spacial score (nSPS) is 14.6. The smallest absolute Gasteiger partial charge is 0.316 e. The van der Waals surface area contributed by atoms with Crippen molar-refractivity contribution in [2.45, 2.75) is 12.3 Å². The lowest BCUT2D eigenvalue weighted by Crippen LogP contribution is -2.36. The predicted octanol–water partition coefficient (Wildman–Crippen LogP) is 2.33. The monoisotopic (exact) mass is 228 g/mol. The van der Waals surface area contributed by atoms with Crippen LogP contribution in [0.1, 0.15) is 12.5 Å². The van der Waals surface area contributed by atoms with Crippen molar-refractivity contribution in [1.29, 1.82) is 0 Å². The molecule has 0 aliphatic rings. The Kier molecular flexibility index (Phi) is 3.72. The molecule has 15 heavy (non-hydrogen) atoms. The Bertz CT molecular complexity index is 347. The van der Waals surface area contributed by atoms with Gasteiger partial charge in [0.05, 0.1) is 6.61 Å². The molecule has 0 aliphatic heterocycles. The van der Waals surface area contributed by atoms with Gasteiger partial charge in [0.15, 0.2) is 0 Å². The van der Waals surface area contributed by atoms with E-state index in [1.807, 2.05) is 0 Å². The van der Waals surface area contributed by atoms with E-state index in [1.54, 1.807) is 31.2 Å². The molecule has 0 aromatic heterocycles. The molecule has 82 valence electrons. The maximum Gasteiger partial charge on any atom is 0.316 e. The number of carboxylic acids is 1. The highest BCUT2D eigenvalue weighted by Gasteiger charge is 2.35. The lowest BCUT2D eigenvalue weighted by atomic mass is 9.83. The molecule has 0 saturated heterocycles. The first kappa shape index (κ1) is 12.0. The standard InChI is InChI=1S/C11H13ClO3/c1-11(7-15-2,10(13)14)8-3-5-9(12)6-4-8/h3-6H,7H2,1-2H3,(H,13,14). The molecule has 0 amide bonds. The molecule has 1 unspecified atom stereocenters. The molecule has 4 heteroatoms. The van der Waals surface area contributed by atoms with Crippen molar-refractivity contribution in [3.63, 3.8) is 0 Å². The second kappa shape index (κ2) is 4.64. The molecule has 0 fully saturated rings. The summed E-state index contributed by atoms with van der Waals surface area (Å²) in [5, 5.41) is 9.76. The van der Waals surface area contributed by atoms with Crippen molar-refractivity contribution in [1.82, 2.24) is 0 Å². The summed E-state index contributed by atoms with van der Waals surface area (Å²) in [6.45, 7) is 1.76. The van der Waals surface area contributed by atoms with Gasteiger partial charge >= 0.3 is 5.97 Å². The van der Waals surface area contributed by atoms with Gasteiger partial charge in [0.1, 0.15) is 5.41 Å². The fourth-order valence-electron chi connectivity index (χ4n) is 1.37. The molecule has 1 N–H and O–H groups in total. The summed E-state index contributed by atoms with van der Waals surface area (Å²) in [5.41, 5.74) is -0.347. The molecule has 3 nitrogen and oxygen atoms in total. The third-order valence-corrected chi connectivity index (χ3v) is 2.64. The van der Waals surface area contributed by atoms with Crippen LogP contribution in [0.5, 0.6) is 0 Å². The van der Waals surface area contributed by atoms with E-state index >= 15 is 0 Å². The molecule has 1 aromatic carbocycles. The van der Waals surface area contributed by atoms with Gasteiger partial charge in [-0.3, -0.25) is 4.79 Å². The highest BCUT2D eigenvalue weighted by atomic mass is 35.5. The van der Waals surface area contributed by atoms with Crippen molar-refractivity contribution in [2.24, 2.45) is 0 Å². The molecule has 0 aliphatic carbocycles. The van der Waals surface area contributed by atoms with E-state index in [0.717, 1.165) is 0 Å². The van der Waals surface area contributed by atoms with E-state index in [4.69, 9.17) is 16.3 Å². The van der Waals surface area contributed by atoms with E-state index in [1.165, 1.54) is 7.11 Å². The van der Waals surface area contributed by atoms with Crippen molar-refractivity contribution < 1.29 is 14.6 Å². The van der Waals surface area contributed by atoms with Crippen molar-refractivity contribution >= 4 is 17.6 Å². The number of ether oxygens (including phenoxy) is 1. The van der Waals surface area contributed by atoms with Gasteiger partial charge in [-0.05, 0) is 24.6 Å². The zero-order chi connectivity index (χ0) is 11.5. The molecule has 0 heterocycles. The third kappa shape index (κ3) is 2.49. The van der Waals surface area contributed by atoms with Gasteiger partial charge in [-0.15, -0.1) is 0 Å². The molecule has 0 saturated carbocycles. The Morgan fingerprint density at radius 1 is 1.47 bits per heavy atom. The minimum atomic E-state index is -1.03. The Labute approximate surface area is 93.6 Å². The number of halogens is 1. The second-order valence-electron chi connectivity index (χ2n) is 3.58. The summed E-state index contributed by atoms with van der Waals surface area (Å²) in [6.07, 6.45) is 0. The summed E-state index contributed by atoms with van der Waals surface area (Å²) >= 11 is 5.74. The van der Waals surface area contributed by atoms with E-state index in [-0.39, 0.29) is 6.61 Å². The van der Waals surface area contributed by atoms with Crippen LogP contribution in [-0.4, -0.2) is 24.8 Å². The quantitative estimate of drug-likeness (QED) is 0.861. The van der Waals surface area contributed by atoms with Crippen LogP contribution in [0.4, 0.5) is 0 Å². The van der Waals surface area contributed by atoms with Crippen LogP contribution < -0.4 is 0 Å². The van der Waals surface area contributed by atoms with Crippen molar-refractivity contribution in [2.75, 3.05) is 13.7 Å². The molecule has 0 spiro atoms. The number of carboxylic acid groups (broad SMARTS) is 1. The van der Waals surface area contributed by atoms with Gasteiger partial charge in [0.2, 0.25) is 0 Å². The van der Waals surface area contributed by atoms with Crippen molar-refractivity contribution in [3.05, 3.63) is 34.9 Å². The molecular weight excluding hydrogens is 216 g/mol. The summed E-state index contributed by atoms with van der Waals surface area (Å²) < 4.78 is 4.94. The molecular formula is C11H13ClO3. The fourth-order valence-corrected chi connectivity index (χ4v) is 1.50. The minimum Gasteiger partial charge on any atom is -0.481 e. The molecule has 1 rings (SSSR count). The maximum atomic E-state index is 11.2. The molecule has 0 bridgehead atoms. The zero-order valence-electron chi connectivity index (χ0n) is 8.66. The number of aliphatic carboxylic acids is 1. The lowest BCUT2D eigenvalue weighted by molar-refractivity contribution is -0.145. The topological polar surface area (TPSA) is 46.5 Å². The van der Waals surface area contributed by atoms with Gasteiger partial charge < -0.3 is 9.84 Å². The number of hydrogen-bond acceptors (Lipinski definition) is 2. The minimum absolute atomic E-state index is 0.129. The van der Waals surface area contributed by atoms with E-state index < -0.39 is 11.4 Å². The van der Waals surface area contributed by atoms with Gasteiger partial charge in [0.25, 0.3) is 0 Å². The highest BCUT2D eigenvalue weighted by molar-refractivity contribution is 6.30. The van der Waals surface area contributed by atoms with Gasteiger partial charge in [0, 0.05) is 12.1 Å². The van der Waals surface area contributed by atoms with Crippen LogP contribution in [0, 0.1) is 0 Å². The molecule has 1 aromatic rings. The summed E-state index contributed by atoms with van der Waals surface area (Å²) in [4.78, 5) is 11.2. The first-order valence-electron chi connectivity index (χ1n) is 4.49. The first-order valence-corrected chi connectivity index (χ1v) is 4.87. The van der Waals surface area contributed by atoms with Crippen LogP contribution in [0.25, 0.3) is 0 Å². The van der Waals surface area contributed by atoms with Crippen LogP contribution in [0.2, 0.25) is 5.02 Å². The number of methoxy groups -OCH3 is 1. The molecule has 1 atom stereocenters. The largest absolute Gasteiger partial charge is 0.481 e. The average Bonchev–Trinajstić information content (AvgIpc) is 2.18. The summed E-state index contributed by atoms with van der Waals surface area (Å²) in [6, 6.07) is 6.76. The third-order valence-electron chi connectivity index (χ3n) is 2.39. The maximum absolute atomic E-state index is 11.2. The number of rotatable bonds is 4. The van der Waals surface area contributed by atoms with Crippen molar-refractivity contribution in [3.8, 4) is 0 Å². The highest BCUT2D eigenvalue weighted by Crippen LogP contribution is 2.25. The Morgan fingerprint density at radius 2 is 2.00 bits per heavy atom. The van der Waals surface area contributed by atoms with Crippen LogP contribution in [0.3, 0.4) is 0 Å². The average molecular weight is 229 g/mol. The van der Waals surface area contributed by atoms with E-state index in [9.17, 15) is 9.90 Å². The zero-order valence-corrected chi connectivity index (χ0v) is 9.41.